The largest absolute Gasteiger partial charge is 0.465 e. The molecule has 1 aliphatic rings. The monoisotopic (exact) mass is 386 g/mol. The fourth-order valence-corrected chi connectivity index (χ4v) is 2.79. The van der Waals surface area contributed by atoms with E-state index in [1.165, 1.54) is 19.1 Å². The van der Waals surface area contributed by atoms with E-state index in [2.05, 4.69) is 5.32 Å². The molecule has 8 nitrogen and oxygen atoms in total. The summed E-state index contributed by atoms with van der Waals surface area (Å²) >= 11 is 6.23. The van der Waals surface area contributed by atoms with Crippen LogP contribution in [0.2, 0.25) is 0 Å². The Balaban J connectivity index is 2.94. The Labute approximate surface area is 156 Å². The van der Waals surface area contributed by atoms with Crippen LogP contribution < -0.4 is 11.1 Å². The lowest BCUT2D eigenvalue weighted by atomic mass is 9.91. The number of esters is 2. The van der Waals surface area contributed by atoms with Crippen molar-refractivity contribution in [1.82, 2.24) is 5.32 Å². The molecule has 1 unspecified atom stereocenters. The zero-order chi connectivity index (χ0) is 19.9. The third-order valence-corrected chi connectivity index (χ3v) is 3.88. The number of hydrogen-bond acceptors (Lipinski definition) is 7. The molecule has 0 bridgehead atoms. The maximum atomic E-state index is 12.5. The second-order valence-electron chi connectivity index (χ2n) is 5.68. The molecule has 1 atom stereocenters. The number of carbonyl (C=O) groups excluding carboxylic acids is 4. The number of hydrogen-bond donors (Lipinski definition) is 2. The molecule has 0 fully saturated rings. The Morgan fingerprint density at radius 2 is 1.77 bits per heavy atom. The minimum Gasteiger partial charge on any atom is -0.465 e. The van der Waals surface area contributed by atoms with E-state index in [9.17, 15) is 19.2 Å². The summed E-state index contributed by atoms with van der Waals surface area (Å²) in [6, 6.07) is 0. The highest BCUT2D eigenvalue weighted by Crippen LogP contribution is 2.29. The van der Waals surface area contributed by atoms with Gasteiger partial charge in [-0.1, -0.05) is 17.7 Å². The summed E-state index contributed by atoms with van der Waals surface area (Å²) < 4.78 is 9.67. The van der Waals surface area contributed by atoms with Crippen molar-refractivity contribution >= 4 is 35.2 Å². The van der Waals surface area contributed by atoms with Gasteiger partial charge < -0.3 is 20.5 Å². The molecular formula is C17H23ClN2O6. The SMILES string of the molecule is CCOC(=O)C(CC(=O)C1=C(N)CC(Cl)(NC(C)=O)C=C1)C(=O)OCC. The molecule has 9 heteroatoms. The highest BCUT2D eigenvalue weighted by Gasteiger charge is 2.35. The molecule has 0 saturated carbocycles. The minimum absolute atomic E-state index is 0.00912. The zero-order valence-electron chi connectivity index (χ0n) is 15.0. The van der Waals surface area contributed by atoms with Crippen molar-refractivity contribution < 1.29 is 28.7 Å². The lowest BCUT2D eigenvalue weighted by molar-refractivity contribution is -0.162. The van der Waals surface area contributed by atoms with Crippen LogP contribution >= 0.6 is 11.6 Å². The van der Waals surface area contributed by atoms with Gasteiger partial charge in [-0.25, -0.2) is 0 Å². The Bertz CT molecular complexity index is 640. The summed E-state index contributed by atoms with van der Waals surface area (Å²) in [5, 5.41) is 2.52. The molecule has 0 radical (unpaired) electrons. The lowest BCUT2D eigenvalue weighted by Crippen LogP contribution is -2.43. The number of nitrogens with two attached hydrogens (primary N) is 1. The number of rotatable bonds is 8. The summed E-state index contributed by atoms with van der Waals surface area (Å²) in [5.41, 5.74) is 6.19. The van der Waals surface area contributed by atoms with Gasteiger partial charge in [0.25, 0.3) is 0 Å². The Hall–Kier alpha value is -2.35. The van der Waals surface area contributed by atoms with Gasteiger partial charge in [0.05, 0.1) is 13.2 Å². The summed E-state index contributed by atoms with van der Waals surface area (Å²) in [6.45, 7) is 4.63. The predicted molar refractivity (Wildman–Crippen MR) is 93.8 cm³/mol. The van der Waals surface area contributed by atoms with Crippen LogP contribution in [-0.4, -0.2) is 41.8 Å². The molecule has 0 heterocycles. The fourth-order valence-electron chi connectivity index (χ4n) is 2.45. The molecule has 0 aliphatic heterocycles. The van der Waals surface area contributed by atoms with E-state index >= 15 is 0 Å². The molecular weight excluding hydrogens is 364 g/mol. The van der Waals surface area contributed by atoms with E-state index in [0.717, 1.165) is 0 Å². The molecule has 26 heavy (non-hydrogen) atoms. The van der Waals surface area contributed by atoms with Gasteiger partial charge in [0.2, 0.25) is 5.91 Å². The van der Waals surface area contributed by atoms with Crippen molar-refractivity contribution in [3.63, 3.8) is 0 Å². The van der Waals surface area contributed by atoms with E-state index in [1.54, 1.807) is 13.8 Å². The predicted octanol–water partition coefficient (Wildman–Crippen LogP) is 0.932. The third kappa shape index (κ3) is 5.87. The van der Waals surface area contributed by atoms with Crippen molar-refractivity contribution in [2.45, 2.75) is 38.6 Å². The Kier molecular flexibility index (Phi) is 7.82. The van der Waals surface area contributed by atoms with Crippen LogP contribution in [0.15, 0.2) is 23.4 Å². The molecule has 0 aromatic heterocycles. The summed E-state index contributed by atoms with van der Waals surface area (Å²) in [5.74, 6) is -3.90. The van der Waals surface area contributed by atoms with Gasteiger partial charge in [-0.15, -0.1) is 0 Å². The van der Waals surface area contributed by atoms with Gasteiger partial charge in [0.15, 0.2) is 11.7 Å². The van der Waals surface area contributed by atoms with Gasteiger partial charge in [-0.2, -0.15) is 0 Å². The number of ether oxygens (including phenoxy) is 2. The normalized spacial score (nSPS) is 19.3. The van der Waals surface area contributed by atoms with Gasteiger partial charge >= 0.3 is 11.9 Å². The molecule has 144 valence electrons. The average molecular weight is 387 g/mol. The third-order valence-electron chi connectivity index (χ3n) is 3.52. The smallest absolute Gasteiger partial charge is 0.320 e. The van der Waals surface area contributed by atoms with Crippen LogP contribution in [0.1, 0.15) is 33.6 Å². The summed E-state index contributed by atoms with van der Waals surface area (Å²) in [6.07, 6.45) is 2.38. The Morgan fingerprint density at radius 3 is 2.19 bits per heavy atom. The highest BCUT2D eigenvalue weighted by atomic mass is 35.5. The van der Waals surface area contributed by atoms with Crippen molar-refractivity contribution in [3.05, 3.63) is 23.4 Å². The zero-order valence-corrected chi connectivity index (χ0v) is 15.7. The first-order valence-corrected chi connectivity index (χ1v) is 8.53. The van der Waals surface area contributed by atoms with Crippen LogP contribution in [0.5, 0.6) is 0 Å². The van der Waals surface area contributed by atoms with Crippen LogP contribution in [0.4, 0.5) is 0 Å². The summed E-state index contributed by atoms with van der Waals surface area (Å²) in [4.78, 5) is 46.5. The van der Waals surface area contributed by atoms with Gasteiger partial charge in [0, 0.05) is 31.0 Å². The number of Topliss-reactive ketones (excluding diaryl/α,β-unsaturated/α-hetero) is 1. The molecule has 0 aromatic rings. The number of halogens is 1. The maximum Gasteiger partial charge on any atom is 0.320 e. The Morgan fingerprint density at radius 1 is 1.23 bits per heavy atom. The quantitative estimate of drug-likeness (QED) is 0.275. The first kappa shape index (κ1) is 21.7. The van der Waals surface area contributed by atoms with E-state index in [1.807, 2.05) is 0 Å². The molecule has 0 saturated heterocycles. The highest BCUT2D eigenvalue weighted by molar-refractivity contribution is 6.26. The second-order valence-corrected chi connectivity index (χ2v) is 6.35. The van der Waals surface area contributed by atoms with Crippen molar-refractivity contribution in [1.29, 1.82) is 0 Å². The molecule has 1 amide bonds. The van der Waals surface area contributed by atoms with E-state index < -0.39 is 35.1 Å². The standard InChI is InChI=1S/C17H23ClN2O6/c1-4-25-15(23)12(16(24)26-5-2)8-14(22)11-6-7-17(18,9-13(11)19)20-10(3)21/h6-7,12H,4-5,8-9,19H2,1-3H3,(H,20,21). The first-order valence-electron chi connectivity index (χ1n) is 8.15. The number of ketones is 1. The number of nitrogens with one attached hydrogen (secondary N) is 1. The lowest BCUT2D eigenvalue weighted by Gasteiger charge is -2.28. The van der Waals surface area contributed by atoms with E-state index in [0.29, 0.717) is 0 Å². The van der Waals surface area contributed by atoms with Crippen LogP contribution in [0.25, 0.3) is 0 Å². The summed E-state index contributed by atoms with van der Waals surface area (Å²) in [7, 11) is 0. The molecule has 3 N–H and O–H groups in total. The van der Waals surface area contributed by atoms with Crippen LogP contribution in [0.3, 0.4) is 0 Å². The van der Waals surface area contributed by atoms with Crippen LogP contribution in [0, 0.1) is 5.92 Å². The van der Waals surface area contributed by atoms with Gasteiger partial charge in [-0.3, -0.25) is 19.2 Å². The topological polar surface area (TPSA) is 125 Å². The molecule has 1 rings (SSSR count). The van der Waals surface area contributed by atoms with Crippen molar-refractivity contribution in [2.24, 2.45) is 11.7 Å². The second kappa shape index (κ2) is 9.38. The van der Waals surface area contributed by atoms with Crippen LogP contribution in [-0.2, 0) is 28.7 Å². The van der Waals surface area contributed by atoms with Gasteiger partial charge in [-0.05, 0) is 19.9 Å². The molecule has 0 aromatic carbocycles. The first-order chi connectivity index (χ1) is 12.1. The van der Waals surface area contributed by atoms with Crippen molar-refractivity contribution in [2.75, 3.05) is 13.2 Å². The number of alkyl halides is 1. The number of allylic oxidation sites excluding steroid dienone is 2. The maximum absolute atomic E-state index is 12.5. The van der Waals surface area contributed by atoms with E-state index in [-0.39, 0.29) is 36.8 Å². The number of amides is 1. The molecule has 1 aliphatic carbocycles. The van der Waals surface area contributed by atoms with Crippen molar-refractivity contribution in [3.8, 4) is 0 Å². The van der Waals surface area contributed by atoms with Gasteiger partial charge in [0.1, 0.15) is 5.00 Å². The molecule has 0 spiro atoms. The fraction of sp³-hybridized carbons (Fsp3) is 0.529. The minimum atomic E-state index is -1.37. The average Bonchev–Trinajstić information content (AvgIpc) is 2.51. The number of carbonyl (C=O) groups is 4. The van der Waals surface area contributed by atoms with E-state index in [4.69, 9.17) is 26.8 Å².